The summed E-state index contributed by atoms with van der Waals surface area (Å²) in [6.45, 7) is 13.6. The van der Waals surface area contributed by atoms with Crippen LogP contribution in [0.25, 0.3) is 6.08 Å². The van der Waals surface area contributed by atoms with Crippen LogP contribution in [0.2, 0.25) is 0 Å². The van der Waals surface area contributed by atoms with Gasteiger partial charge in [-0.25, -0.2) is 4.79 Å². The molecule has 1 aromatic rings. The second-order valence-electron chi connectivity index (χ2n) is 9.75. The summed E-state index contributed by atoms with van der Waals surface area (Å²) in [4.78, 5) is 23.8. The number of ether oxygens (including phenoxy) is 1. The van der Waals surface area contributed by atoms with Gasteiger partial charge in [-0.15, -0.1) is 0 Å². The van der Waals surface area contributed by atoms with Crippen molar-refractivity contribution >= 4 is 25.2 Å². The maximum Gasteiger partial charge on any atom is 0.492 e. The number of carbonyl (C=O) groups excluding carboxylic acids is 2. The maximum atomic E-state index is 12.2. The van der Waals surface area contributed by atoms with E-state index in [1.807, 2.05) is 78.8 Å². The van der Waals surface area contributed by atoms with Gasteiger partial charge in [0.2, 0.25) is 5.91 Å². The van der Waals surface area contributed by atoms with Crippen LogP contribution in [-0.4, -0.2) is 49.5 Å². The predicted molar refractivity (Wildman–Crippen MR) is 123 cm³/mol. The molecule has 31 heavy (non-hydrogen) atoms. The van der Waals surface area contributed by atoms with Crippen molar-refractivity contribution in [3.8, 4) is 0 Å². The number of rotatable bonds is 6. The molecule has 7 nitrogen and oxygen atoms in total. The second-order valence-corrected chi connectivity index (χ2v) is 9.75. The summed E-state index contributed by atoms with van der Waals surface area (Å²) in [6, 6.07) is 7.67. The average Bonchev–Trinajstić information content (AvgIpc) is 2.85. The fraction of sp³-hybridized carbons (Fsp3) is 0.565. The van der Waals surface area contributed by atoms with E-state index in [-0.39, 0.29) is 12.5 Å². The number of amides is 2. The third-order valence-electron chi connectivity index (χ3n) is 5.37. The van der Waals surface area contributed by atoms with Crippen molar-refractivity contribution in [1.82, 2.24) is 10.6 Å². The zero-order valence-corrected chi connectivity index (χ0v) is 19.9. The Bertz CT molecular complexity index is 809. The molecule has 2 amide bonds. The van der Waals surface area contributed by atoms with Crippen LogP contribution in [0.5, 0.6) is 0 Å². The summed E-state index contributed by atoms with van der Waals surface area (Å²) < 4.78 is 17.7. The van der Waals surface area contributed by atoms with Crippen molar-refractivity contribution in [2.45, 2.75) is 71.7 Å². The van der Waals surface area contributed by atoms with Gasteiger partial charge in [-0.05, 0) is 65.1 Å². The number of likely N-dealkylation sites (N-methyl/N-ethyl adjacent to an activating group) is 1. The lowest BCUT2D eigenvalue weighted by Crippen LogP contribution is -2.41. The topological polar surface area (TPSA) is 85.9 Å². The van der Waals surface area contributed by atoms with E-state index in [0.717, 1.165) is 16.6 Å². The number of carbonyl (C=O) groups is 2. The molecule has 1 aliphatic rings. The van der Waals surface area contributed by atoms with Crippen LogP contribution in [0.15, 0.2) is 29.7 Å². The summed E-state index contributed by atoms with van der Waals surface area (Å²) in [5, 5.41) is 5.41. The van der Waals surface area contributed by atoms with Gasteiger partial charge in [0.15, 0.2) is 0 Å². The molecule has 0 aromatic heterocycles. The third-order valence-corrected chi connectivity index (χ3v) is 5.37. The van der Waals surface area contributed by atoms with Gasteiger partial charge in [0.05, 0.1) is 17.6 Å². The molecule has 0 unspecified atom stereocenters. The lowest BCUT2D eigenvalue weighted by molar-refractivity contribution is -0.119. The van der Waals surface area contributed by atoms with E-state index < -0.39 is 30.0 Å². The summed E-state index contributed by atoms with van der Waals surface area (Å²) in [5.74, 6) is -0.0391. The van der Waals surface area contributed by atoms with Gasteiger partial charge in [0, 0.05) is 13.6 Å². The van der Waals surface area contributed by atoms with Crippen LogP contribution in [-0.2, 0) is 25.3 Å². The molecule has 0 atom stereocenters. The first kappa shape index (κ1) is 24.9. The van der Waals surface area contributed by atoms with Crippen LogP contribution < -0.4 is 10.6 Å². The first-order valence-electron chi connectivity index (χ1n) is 10.5. The molecule has 170 valence electrons. The van der Waals surface area contributed by atoms with Gasteiger partial charge < -0.3 is 24.7 Å². The second kappa shape index (κ2) is 9.45. The fourth-order valence-corrected chi connectivity index (χ4v) is 2.90. The highest BCUT2D eigenvalue weighted by atomic mass is 16.7. The molecule has 1 fully saturated rings. The lowest BCUT2D eigenvalue weighted by Gasteiger charge is -2.32. The molecule has 1 heterocycles. The Kier molecular flexibility index (Phi) is 7.60. The van der Waals surface area contributed by atoms with E-state index >= 15 is 0 Å². The van der Waals surface area contributed by atoms with Crippen molar-refractivity contribution in [3.63, 3.8) is 0 Å². The molecule has 1 saturated heterocycles. The standard InChI is InChI=1S/C23H35BN2O5/c1-21(2,3)29-20(28)26-15-18(24-30-22(4,5)23(6,7)31-24)13-16-9-11-17(12-10-16)14-19(27)25-8/h9-13H,14-15H2,1-8H3,(H,25,27)(H,26,28). The number of nitrogens with one attached hydrogen (secondary N) is 2. The SMILES string of the molecule is CNC(=O)Cc1ccc(C=C(CNC(=O)OC(C)(C)C)B2OC(C)(C)C(C)(C)O2)cc1. The number of hydrogen-bond donors (Lipinski definition) is 2. The van der Waals surface area contributed by atoms with Crippen LogP contribution in [0.1, 0.15) is 59.6 Å². The maximum absolute atomic E-state index is 12.2. The Balaban J connectivity index is 2.23. The van der Waals surface area contributed by atoms with Crippen molar-refractivity contribution in [2.24, 2.45) is 0 Å². The molecular weight excluding hydrogens is 395 g/mol. The highest BCUT2D eigenvalue weighted by Gasteiger charge is 2.52. The van der Waals surface area contributed by atoms with Crippen molar-refractivity contribution in [2.75, 3.05) is 13.6 Å². The minimum atomic E-state index is -0.606. The van der Waals surface area contributed by atoms with Gasteiger partial charge >= 0.3 is 13.2 Å². The van der Waals surface area contributed by atoms with Crippen molar-refractivity contribution in [3.05, 3.63) is 40.9 Å². The van der Waals surface area contributed by atoms with E-state index in [9.17, 15) is 9.59 Å². The Labute approximate surface area is 186 Å². The molecule has 0 spiro atoms. The van der Waals surface area contributed by atoms with E-state index in [1.165, 1.54) is 0 Å². The van der Waals surface area contributed by atoms with Gasteiger partial charge in [-0.3, -0.25) is 4.79 Å². The summed E-state index contributed by atoms with van der Waals surface area (Å²) >= 11 is 0. The van der Waals surface area contributed by atoms with Gasteiger partial charge in [-0.2, -0.15) is 0 Å². The van der Waals surface area contributed by atoms with Crippen LogP contribution in [0.4, 0.5) is 4.79 Å². The van der Waals surface area contributed by atoms with E-state index in [1.54, 1.807) is 7.05 Å². The minimum Gasteiger partial charge on any atom is -0.444 e. The van der Waals surface area contributed by atoms with Crippen molar-refractivity contribution < 1.29 is 23.6 Å². The largest absolute Gasteiger partial charge is 0.492 e. The first-order valence-corrected chi connectivity index (χ1v) is 10.5. The average molecular weight is 430 g/mol. The van der Waals surface area contributed by atoms with E-state index in [4.69, 9.17) is 14.0 Å². The predicted octanol–water partition coefficient (Wildman–Crippen LogP) is 3.51. The Morgan fingerprint density at radius 1 is 1.06 bits per heavy atom. The van der Waals surface area contributed by atoms with Crippen LogP contribution in [0.3, 0.4) is 0 Å². The molecule has 0 saturated carbocycles. The molecule has 0 radical (unpaired) electrons. The Morgan fingerprint density at radius 2 is 1.61 bits per heavy atom. The third kappa shape index (κ3) is 7.11. The highest BCUT2D eigenvalue weighted by Crippen LogP contribution is 2.38. The lowest BCUT2D eigenvalue weighted by atomic mass is 9.77. The summed E-state index contributed by atoms with van der Waals surface area (Å²) in [5.41, 5.74) is 1.01. The van der Waals surface area contributed by atoms with Crippen molar-refractivity contribution in [1.29, 1.82) is 0 Å². The fourth-order valence-electron chi connectivity index (χ4n) is 2.90. The molecule has 1 aromatic carbocycles. The smallest absolute Gasteiger partial charge is 0.444 e. The molecule has 2 rings (SSSR count). The van der Waals surface area contributed by atoms with E-state index in [0.29, 0.717) is 6.42 Å². The quantitative estimate of drug-likeness (QED) is 0.675. The monoisotopic (exact) mass is 430 g/mol. The number of alkyl carbamates (subject to hydrolysis) is 1. The number of benzene rings is 1. The minimum absolute atomic E-state index is 0.0391. The Hall–Kier alpha value is -2.32. The highest BCUT2D eigenvalue weighted by molar-refractivity contribution is 6.56. The summed E-state index contributed by atoms with van der Waals surface area (Å²) in [6.07, 6.45) is 1.75. The van der Waals surface area contributed by atoms with Gasteiger partial charge in [0.25, 0.3) is 0 Å². The Morgan fingerprint density at radius 3 is 2.10 bits per heavy atom. The van der Waals surface area contributed by atoms with E-state index in [2.05, 4.69) is 10.6 Å². The molecule has 0 bridgehead atoms. The zero-order valence-electron chi connectivity index (χ0n) is 19.9. The van der Waals surface area contributed by atoms with Crippen LogP contribution >= 0.6 is 0 Å². The van der Waals surface area contributed by atoms with Gasteiger partial charge in [0.1, 0.15) is 5.60 Å². The molecule has 0 aliphatic carbocycles. The molecule has 1 aliphatic heterocycles. The molecule has 2 N–H and O–H groups in total. The molecular formula is C23H35BN2O5. The summed E-state index contributed by atoms with van der Waals surface area (Å²) in [7, 11) is 1.01. The number of hydrogen-bond acceptors (Lipinski definition) is 5. The van der Waals surface area contributed by atoms with Gasteiger partial charge in [-0.1, -0.05) is 30.3 Å². The first-order chi connectivity index (χ1) is 14.2. The normalized spacial score (nSPS) is 17.9. The molecule has 8 heteroatoms. The van der Waals surface area contributed by atoms with Crippen LogP contribution in [0, 0.1) is 0 Å². The zero-order chi connectivity index (χ0) is 23.4.